The summed E-state index contributed by atoms with van der Waals surface area (Å²) in [7, 11) is 0. The van der Waals surface area contributed by atoms with Gasteiger partial charge in [-0.05, 0) is 24.1 Å². The van der Waals surface area contributed by atoms with Crippen molar-refractivity contribution in [1.29, 1.82) is 0 Å². The van der Waals surface area contributed by atoms with Crippen molar-refractivity contribution in [2.24, 2.45) is 16.5 Å². The largest absolute Gasteiger partial charge is 0.396 e. The molecule has 0 bridgehead atoms. The molecule has 1 rings (SSSR count). The van der Waals surface area contributed by atoms with Gasteiger partial charge in [0.1, 0.15) is 0 Å². The van der Waals surface area contributed by atoms with E-state index < -0.39 is 5.09 Å². The quantitative estimate of drug-likeness (QED) is 0.249. The van der Waals surface area contributed by atoms with E-state index in [0.29, 0.717) is 6.42 Å². The lowest BCUT2D eigenvalue weighted by atomic mass is 10.1. The summed E-state index contributed by atoms with van der Waals surface area (Å²) in [5.74, 6) is 0.0508. The molecule has 0 aliphatic rings. The Kier molecular flexibility index (Phi) is 6.79. The van der Waals surface area contributed by atoms with Crippen LogP contribution in [0.25, 0.3) is 0 Å². The number of aliphatic imine (C=N–C) groups is 1. The zero-order valence-electron chi connectivity index (χ0n) is 8.98. The molecule has 17 heavy (non-hydrogen) atoms. The summed E-state index contributed by atoms with van der Waals surface area (Å²) in [5.41, 5.74) is 12.2. The van der Waals surface area contributed by atoms with E-state index in [-0.39, 0.29) is 12.6 Å². The second-order valence-electron chi connectivity index (χ2n) is 2.91. The number of benzene rings is 1. The van der Waals surface area contributed by atoms with Crippen molar-refractivity contribution in [2.75, 3.05) is 6.61 Å². The predicted octanol–water partition coefficient (Wildman–Crippen LogP) is -0.221. The Hall–Kier alpha value is -2.35. The van der Waals surface area contributed by atoms with Gasteiger partial charge in [-0.1, -0.05) is 12.1 Å². The third-order valence-corrected chi connectivity index (χ3v) is 1.60. The van der Waals surface area contributed by atoms with Crippen LogP contribution in [0.4, 0.5) is 5.69 Å². The van der Waals surface area contributed by atoms with Gasteiger partial charge in [0, 0.05) is 6.61 Å². The summed E-state index contributed by atoms with van der Waals surface area (Å²) < 4.78 is 0. The zero-order chi connectivity index (χ0) is 13.3. The Morgan fingerprint density at radius 3 is 2.18 bits per heavy atom. The van der Waals surface area contributed by atoms with E-state index in [1.54, 1.807) is 0 Å². The first-order valence-corrected chi connectivity index (χ1v) is 4.58. The van der Waals surface area contributed by atoms with Crippen molar-refractivity contribution in [3.8, 4) is 0 Å². The maximum absolute atomic E-state index is 8.67. The van der Waals surface area contributed by atoms with Gasteiger partial charge in [0.15, 0.2) is 5.96 Å². The molecule has 8 heteroatoms. The van der Waals surface area contributed by atoms with Gasteiger partial charge < -0.3 is 21.8 Å². The zero-order valence-corrected chi connectivity index (χ0v) is 8.98. The van der Waals surface area contributed by atoms with Gasteiger partial charge >= 0.3 is 0 Å². The fraction of sp³-hybridized carbons (Fsp3) is 0.222. The minimum absolute atomic E-state index is 0.0508. The number of nitrogens with zero attached hydrogens (tertiary/aromatic N) is 2. The Morgan fingerprint density at radius 1 is 1.35 bits per heavy atom. The Labute approximate surface area is 97.3 Å². The van der Waals surface area contributed by atoms with Crippen LogP contribution in [0.15, 0.2) is 29.3 Å². The second-order valence-corrected chi connectivity index (χ2v) is 2.91. The van der Waals surface area contributed by atoms with E-state index in [1.807, 2.05) is 24.3 Å². The third-order valence-electron chi connectivity index (χ3n) is 1.60. The summed E-state index contributed by atoms with van der Waals surface area (Å²) in [4.78, 5) is 12.2. The van der Waals surface area contributed by atoms with Gasteiger partial charge in [-0.15, -0.1) is 10.1 Å². The monoisotopic (exact) mass is 242 g/mol. The molecule has 94 valence electrons. The Morgan fingerprint density at radius 2 is 1.82 bits per heavy atom. The highest BCUT2D eigenvalue weighted by Crippen LogP contribution is 2.12. The summed E-state index contributed by atoms with van der Waals surface area (Å²) in [6.07, 6.45) is 0.655. The van der Waals surface area contributed by atoms with Crippen LogP contribution in [0.2, 0.25) is 0 Å². The van der Waals surface area contributed by atoms with Crippen molar-refractivity contribution in [3.63, 3.8) is 0 Å². The van der Waals surface area contributed by atoms with Gasteiger partial charge in [-0.2, -0.15) is 0 Å². The minimum Gasteiger partial charge on any atom is -0.396 e. The van der Waals surface area contributed by atoms with Crippen molar-refractivity contribution < 1.29 is 15.4 Å². The smallest absolute Gasteiger partial charge is 0.291 e. The highest BCUT2D eigenvalue weighted by molar-refractivity contribution is 5.78. The molecule has 0 radical (unpaired) electrons. The number of guanidine groups is 1. The van der Waals surface area contributed by atoms with Gasteiger partial charge in [-0.25, -0.2) is 4.99 Å². The van der Waals surface area contributed by atoms with Crippen LogP contribution in [-0.2, 0) is 6.42 Å². The SMILES string of the molecule is NC(N)=Nc1ccc(CCO)cc1.O=[N+]([O-])O. The van der Waals surface area contributed by atoms with Crippen LogP contribution in [0, 0.1) is 10.1 Å². The van der Waals surface area contributed by atoms with Gasteiger partial charge in [-0.3, -0.25) is 0 Å². The van der Waals surface area contributed by atoms with Gasteiger partial charge in [0.2, 0.25) is 0 Å². The molecule has 0 atom stereocenters. The lowest BCUT2D eigenvalue weighted by Gasteiger charge is -1.98. The molecule has 0 spiro atoms. The molecule has 0 aliphatic heterocycles. The molecule has 0 saturated heterocycles. The molecule has 0 unspecified atom stereocenters. The van der Waals surface area contributed by atoms with Crippen molar-refractivity contribution in [1.82, 2.24) is 0 Å². The molecule has 1 aromatic rings. The number of hydrogen-bond acceptors (Lipinski definition) is 4. The lowest BCUT2D eigenvalue weighted by molar-refractivity contribution is -0.742. The van der Waals surface area contributed by atoms with E-state index in [0.717, 1.165) is 11.3 Å². The molecule has 0 aliphatic carbocycles. The molecule has 0 heterocycles. The first-order chi connectivity index (χ1) is 7.95. The molecular weight excluding hydrogens is 228 g/mol. The molecule has 0 saturated carbocycles. The highest BCUT2D eigenvalue weighted by atomic mass is 16.9. The van der Waals surface area contributed by atoms with Crippen LogP contribution in [-0.4, -0.2) is 28.0 Å². The van der Waals surface area contributed by atoms with E-state index in [9.17, 15) is 0 Å². The van der Waals surface area contributed by atoms with Gasteiger partial charge in [0.05, 0.1) is 5.69 Å². The number of rotatable bonds is 3. The van der Waals surface area contributed by atoms with Crippen molar-refractivity contribution in [2.45, 2.75) is 6.42 Å². The molecule has 0 aromatic heterocycles. The summed E-state index contributed by atoms with van der Waals surface area (Å²) in [5, 5.41) is 22.3. The number of hydrogen-bond donors (Lipinski definition) is 4. The molecule has 6 N–H and O–H groups in total. The van der Waals surface area contributed by atoms with E-state index >= 15 is 0 Å². The molecule has 0 amide bonds. The summed E-state index contributed by atoms with van der Waals surface area (Å²) in [6, 6.07) is 7.39. The van der Waals surface area contributed by atoms with Crippen LogP contribution >= 0.6 is 0 Å². The third kappa shape index (κ3) is 8.63. The molecule has 0 fully saturated rings. The number of aliphatic hydroxyl groups is 1. The van der Waals surface area contributed by atoms with E-state index in [1.165, 1.54) is 0 Å². The number of aliphatic hydroxyl groups excluding tert-OH is 1. The molecule has 8 nitrogen and oxygen atoms in total. The maximum Gasteiger partial charge on any atom is 0.291 e. The van der Waals surface area contributed by atoms with Crippen LogP contribution in [0.5, 0.6) is 0 Å². The highest BCUT2D eigenvalue weighted by Gasteiger charge is 1.92. The average Bonchev–Trinajstić information content (AvgIpc) is 2.19. The fourth-order valence-electron chi connectivity index (χ4n) is 1.02. The lowest BCUT2D eigenvalue weighted by Crippen LogP contribution is -2.21. The fourth-order valence-corrected chi connectivity index (χ4v) is 1.02. The number of nitrogens with two attached hydrogens (primary N) is 2. The Balaban J connectivity index is 0.000000557. The maximum atomic E-state index is 8.67. The van der Waals surface area contributed by atoms with Crippen LogP contribution in [0.3, 0.4) is 0 Å². The molecule has 1 aromatic carbocycles. The summed E-state index contributed by atoms with van der Waals surface area (Å²) in [6.45, 7) is 0.154. The molecular formula is C9H14N4O4. The first kappa shape index (κ1) is 14.6. The predicted molar refractivity (Wildman–Crippen MR) is 61.5 cm³/mol. The average molecular weight is 242 g/mol. The summed E-state index contributed by atoms with van der Waals surface area (Å²) >= 11 is 0. The van der Waals surface area contributed by atoms with Crippen LogP contribution in [0.1, 0.15) is 5.56 Å². The Bertz CT molecular complexity index is 369. The van der Waals surface area contributed by atoms with Gasteiger partial charge in [0.25, 0.3) is 5.09 Å². The van der Waals surface area contributed by atoms with Crippen molar-refractivity contribution >= 4 is 11.6 Å². The topological polar surface area (TPSA) is 148 Å². The minimum atomic E-state index is -1.50. The van der Waals surface area contributed by atoms with E-state index in [4.69, 9.17) is 31.9 Å². The first-order valence-electron chi connectivity index (χ1n) is 4.58. The van der Waals surface area contributed by atoms with Crippen LogP contribution < -0.4 is 11.5 Å². The second kappa shape index (κ2) is 7.88. The van der Waals surface area contributed by atoms with Crippen molar-refractivity contribution in [3.05, 3.63) is 39.9 Å². The standard InChI is InChI=1S/C9H13N3O.HNO3/c10-9(11)12-8-3-1-7(2-4-8)5-6-13;2-1(3)4/h1-4,13H,5-6H2,(H4,10,11,12);(H,2,3,4). The van der Waals surface area contributed by atoms with E-state index in [2.05, 4.69) is 4.99 Å². The normalized spacial score (nSPS) is 8.76.